The van der Waals surface area contributed by atoms with E-state index >= 15 is 0 Å². The van der Waals surface area contributed by atoms with Crippen molar-refractivity contribution in [2.45, 2.75) is 5.66 Å². The van der Waals surface area contributed by atoms with Gasteiger partial charge in [0.1, 0.15) is 5.66 Å². The van der Waals surface area contributed by atoms with Crippen LogP contribution in [0.15, 0.2) is 91.0 Å². The third kappa shape index (κ3) is 2.87. The molecule has 0 aliphatic rings. The topological polar surface area (TPSA) is 17.1 Å². The summed E-state index contributed by atoms with van der Waals surface area (Å²) >= 11 is 0. The molecule has 3 aromatic carbocycles. The second kappa shape index (κ2) is 6.69. The van der Waals surface area contributed by atoms with Crippen LogP contribution in [-0.2, 0) is 4.57 Å². The van der Waals surface area contributed by atoms with Gasteiger partial charge in [0.05, 0.1) is 0 Å². The van der Waals surface area contributed by atoms with Gasteiger partial charge in [0.25, 0.3) is 0 Å². The van der Waals surface area contributed by atoms with E-state index in [-0.39, 0.29) is 0 Å². The van der Waals surface area contributed by atoms with E-state index in [0.717, 1.165) is 16.2 Å². The molecule has 112 valence electrons. The monoisotopic (exact) mass is 316 g/mol. The Balaban J connectivity index is 2.25. The molecule has 0 heterocycles. The first-order valence-corrected chi connectivity index (χ1v) is 9.26. The second-order valence-corrected chi connectivity index (χ2v) is 8.17. The summed E-state index contributed by atoms with van der Waals surface area (Å²) in [6, 6.07) is 28.8. The van der Waals surface area contributed by atoms with Gasteiger partial charge >= 0.3 is 0 Å². The van der Waals surface area contributed by atoms with Gasteiger partial charge in [0.2, 0.25) is 0 Å². The average molecular weight is 316 g/mol. The number of terminal acetylenes is 1. The normalized spacial score (nSPS) is 12.3. The van der Waals surface area contributed by atoms with Crippen LogP contribution in [0.25, 0.3) is 0 Å². The van der Waals surface area contributed by atoms with E-state index in [4.69, 9.17) is 6.42 Å². The molecule has 0 aliphatic carbocycles. The lowest BCUT2D eigenvalue weighted by Gasteiger charge is -2.25. The van der Waals surface area contributed by atoms with Gasteiger partial charge in [-0.1, -0.05) is 96.9 Å². The lowest BCUT2D eigenvalue weighted by atomic mass is 10.1. The van der Waals surface area contributed by atoms with Gasteiger partial charge in [-0.3, -0.25) is 0 Å². The van der Waals surface area contributed by atoms with Crippen molar-refractivity contribution in [3.05, 3.63) is 96.6 Å². The fraction of sp³-hybridized carbons (Fsp3) is 0.0476. The molecule has 0 radical (unpaired) electrons. The highest BCUT2D eigenvalue weighted by molar-refractivity contribution is 7.79. The third-order valence-corrected chi connectivity index (χ3v) is 7.22. The van der Waals surface area contributed by atoms with E-state index in [1.165, 1.54) is 0 Å². The van der Waals surface area contributed by atoms with Crippen molar-refractivity contribution in [1.82, 2.24) is 0 Å². The number of rotatable bonds is 4. The van der Waals surface area contributed by atoms with Crippen LogP contribution in [0.4, 0.5) is 0 Å². The maximum Gasteiger partial charge on any atom is 0.161 e. The summed E-state index contributed by atoms with van der Waals surface area (Å²) in [4.78, 5) is 0. The minimum atomic E-state index is -2.99. The Bertz CT molecular complexity index is 805. The summed E-state index contributed by atoms with van der Waals surface area (Å²) in [6.07, 6.45) is 5.84. The lowest BCUT2D eigenvalue weighted by Crippen LogP contribution is -2.20. The van der Waals surface area contributed by atoms with E-state index in [9.17, 15) is 4.57 Å². The Hall–Kier alpha value is -2.55. The van der Waals surface area contributed by atoms with Crippen molar-refractivity contribution in [2.24, 2.45) is 0 Å². The van der Waals surface area contributed by atoms with E-state index in [1.807, 2.05) is 91.0 Å². The van der Waals surface area contributed by atoms with Crippen LogP contribution in [-0.4, -0.2) is 0 Å². The summed E-state index contributed by atoms with van der Waals surface area (Å²) in [5.74, 6) is 2.79. The molecule has 0 fully saturated rings. The number of benzene rings is 3. The van der Waals surface area contributed by atoms with E-state index in [0.29, 0.717) is 0 Å². The molecular formula is C21H17OP. The highest BCUT2D eigenvalue weighted by Gasteiger charge is 2.36. The quantitative estimate of drug-likeness (QED) is 0.516. The van der Waals surface area contributed by atoms with Crippen molar-refractivity contribution < 1.29 is 4.57 Å². The molecule has 1 nitrogen and oxygen atoms in total. The molecule has 0 bridgehead atoms. The predicted octanol–water partition coefficient (Wildman–Crippen LogP) is 4.38. The second-order valence-electron chi connectivity index (χ2n) is 5.31. The summed E-state index contributed by atoms with van der Waals surface area (Å²) < 4.78 is 14.2. The zero-order chi connectivity index (χ0) is 16.1. The van der Waals surface area contributed by atoms with Crippen molar-refractivity contribution >= 4 is 17.8 Å². The molecule has 0 N–H and O–H groups in total. The predicted molar refractivity (Wildman–Crippen MR) is 97.8 cm³/mol. The SMILES string of the molecule is C#CC(c1ccccc1)P(=O)(c1ccccc1)c1ccccc1. The molecule has 23 heavy (non-hydrogen) atoms. The Kier molecular flexibility index (Phi) is 4.47. The molecule has 0 aromatic heterocycles. The van der Waals surface area contributed by atoms with E-state index in [2.05, 4.69) is 5.92 Å². The molecule has 2 heteroatoms. The van der Waals surface area contributed by atoms with Crippen LogP contribution < -0.4 is 10.6 Å². The molecule has 1 atom stereocenters. The Labute approximate surface area is 137 Å². The highest BCUT2D eigenvalue weighted by atomic mass is 31.2. The molecule has 3 aromatic rings. The third-order valence-electron chi connectivity index (χ3n) is 3.92. The molecule has 0 spiro atoms. The number of hydrogen-bond acceptors (Lipinski definition) is 1. The van der Waals surface area contributed by atoms with Gasteiger partial charge in [-0.25, -0.2) is 0 Å². The first-order valence-electron chi connectivity index (χ1n) is 7.49. The molecule has 1 unspecified atom stereocenters. The molecular weight excluding hydrogens is 299 g/mol. The number of hydrogen-bond donors (Lipinski definition) is 0. The van der Waals surface area contributed by atoms with Crippen molar-refractivity contribution in [1.29, 1.82) is 0 Å². The Morgan fingerprint density at radius 1 is 0.696 bits per heavy atom. The van der Waals surface area contributed by atoms with Crippen molar-refractivity contribution in [3.63, 3.8) is 0 Å². The van der Waals surface area contributed by atoms with Crippen LogP contribution in [0.2, 0.25) is 0 Å². The van der Waals surface area contributed by atoms with Gasteiger partial charge in [0, 0.05) is 10.6 Å². The summed E-state index contributed by atoms with van der Waals surface area (Å²) in [6.45, 7) is 0. The summed E-state index contributed by atoms with van der Waals surface area (Å²) in [5.41, 5.74) is 0.430. The van der Waals surface area contributed by atoms with Gasteiger partial charge in [-0.05, 0) is 5.56 Å². The van der Waals surface area contributed by atoms with Crippen molar-refractivity contribution in [3.8, 4) is 12.3 Å². The highest BCUT2D eigenvalue weighted by Crippen LogP contribution is 2.56. The van der Waals surface area contributed by atoms with Crippen LogP contribution in [0.1, 0.15) is 11.2 Å². The molecule has 0 saturated heterocycles. The van der Waals surface area contributed by atoms with Crippen LogP contribution in [0, 0.1) is 12.3 Å². The first kappa shape index (κ1) is 15.3. The summed E-state index contributed by atoms with van der Waals surface area (Å²) in [5, 5.41) is 1.58. The van der Waals surface area contributed by atoms with Gasteiger partial charge in [-0.15, -0.1) is 6.42 Å². The maximum atomic E-state index is 14.2. The molecule has 0 aliphatic heterocycles. The van der Waals surface area contributed by atoms with Crippen molar-refractivity contribution in [2.75, 3.05) is 0 Å². The Morgan fingerprint density at radius 3 is 1.48 bits per heavy atom. The average Bonchev–Trinajstić information content (AvgIpc) is 2.64. The minimum absolute atomic E-state index is 0.478. The van der Waals surface area contributed by atoms with Gasteiger partial charge in [0.15, 0.2) is 7.14 Å². The maximum absolute atomic E-state index is 14.2. The fourth-order valence-electron chi connectivity index (χ4n) is 2.79. The first-order chi connectivity index (χ1) is 11.3. The zero-order valence-electron chi connectivity index (χ0n) is 12.7. The minimum Gasteiger partial charge on any atom is -0.312 e. The van der Waals surface area contributed by atoms with E-state index < -0.39 is 12.8 Å². The molecule has 3 rings (SSSR count). The van der Waals surface area contributed by atoms with Gasteiger partial charge in [-0.2, -0.15) is 0 Å². The summed E-state index contributed by atoms with van der Waals surface area (Å²) in [7, 11) is -2.99. The zero-order valence-corrected chi connectivity index (χ0v) is 13.6. The largest absolute Gasteiger partial charge is 0.312 e. The fourth-order valence-corrected chi connectivity index (χ4v) is 5.72. The van der Waals surface area contributed by atoms with Crippen LogP contribution >= 0.6 is 7.14 Å². The smallest absolute Gasteiger partial charge is 0.161 e. The van der Waals surface area contributed by atoms with Crippen LogP contribution in [0.3, 0.4) is 0 Å². The molecule has 0 amide bonds. The lowest BCUT2D eigenvalue weighted by molar-refractivity contribution is 0.584. The van der Waals surface area contributed by atoms with E-state index in [1.54, 1.807) is 0 Å². The molecule has 0 saturated carbocycles. The Morgan fingerprint density at radius 2 is 1.09 bits per heavy atom. The standard InChI is InChI=1S/C21H17OP/c1-2-21(18-12-6-3-7-13-18)23(22,19-14-8-4-9-15-19)20-16-10-5-11-17-20/h1,3-17,21H. The van der Waals surface area contributed by atoms with Crippen LogP contribution in [0.5, 0.6) is 0 Å². The van der Waals surface area contributed by atoms with Gasteiger partial charge < -0.3 is 4.57 Å².